The highest BCUT2D eigenvalue weighted by molar-refractivity contribution is 8.00. The van der Waals surface area contributed by atoms with E-state index in [1.807, 2.05) is 41.5 Å². The number of nitrogens with one attached hydrogen (secondary N) is 2. The Morgan fingerprint density at radius 2 is 1.66 bits per heavy atom. The van der Waals surface area contributed by atoms with Crippen LogP contribution in [0, 0.1) is 5.82 Å². The zero-order valence-electron chi connectivity index (χ0n) is 26.0. The molecule has 0 saturated carbocycles. The SMILES string of the molecule is CS[C@@]1(C(=O)Nc2ccc3[nH]nc(-c4ccc(F)cc4)c3c2)CCN(CC(=O)N2CCN(c3ccc(-c4ncccn4)cc3)CC2)C1. The highest BCUT2D eigenvalue weighted by Gasteiger charge is 2.44. The molecule has 2 N–H and O–H groups in total. The van der Waals surface area contributed by atoms with Gasteiger partial charge in [0.05, 0.1) is 17.8 Å². The third-order valence-corrected chi connectivity index (χ3v) is 10.4. The second-order valence-electron chi connectivity index (χ2n) is 11.9. The Kier molecular flexibility index (Phi) is 8.61. The first kappa shape index (κ1) is 30.8. The average molecular weight is 651 g/mol. The molecule has 5 aromatic rings. The quantitative estimate of drug-likeness (QED) is 0.244. The number of aromatic nitrogens is 4. The Balaban J connectivity index is 0.939. The fourth-order valence-electron chi connectivity index (χ4n) is 6.38. The highest BCUT2D eigenvalue weighted by atomic mass is 32.2. The minimum Gasteiger partial charge on any atom is -0.368 e. The van der Waals surface area contributed by atoms with Gasteiger partial charge in [-0.3, -0.25) is 19.6 Å². The molecule has 2 fully saturated rings. The first-order valence-electron chi connectivity index (χ1n) is 15.6. The molecule has 0 radical (unpaired) electrons. The maximum absolute atomic E-state index is 13.7. The van der Waals surface area contributed by atoms with E-state index in [0.29, 0.717) is 56.4 Å². The molecule has 2 aromatic heterocycles. The Morgan fingerprint density at radius 1 is 0.936 bits per heavy atom. The van der Waals surface area contributed by atoms with Gasteiger partial charge in [-0.1, -0.05) is 0 Å². The molecule has 0 bridgehead atoms. The maximum Gasteiger partial charge on any atom is 0.241 e. The number of carbonyl (C=O) groups excluding carboxylic acids is 2. The van der Waals surface area contributed by atoms with Gasteiger partial charge in [0.25, 0.3) is 0 Å². The second kappa shape index (κ2) is 13.1. The van der Waals surface area contributed by atoms with Gasteiger partial charge in [0, 0.05) is 79.6 Å². The van der Waals surface area contributed by atoms with Crippen LogP contribution in [-0.2, 0) is 9.59 Å². The lowest BCUT2D eigenvalue weighted by Crippen LogP contribution is -2.51. The summed E-state index contributed by atoms with van der Waals surface area (Å²) in [6.45, 7) is 4.29. The lowest BCUT2D eigenvalue weighted by atomic mass is 10.1. The molecule has 240 valence electrons. The molecule has 0 spiro atoms. The van der Waals surface area contributed by atoms with E-state index in [-0.39, 0.29) is 17.6 Å². The zero-order chi connectivity index (χ0) is 32.4. The van der Waals surface area contributed by atoms with Crippen molar-refractivity contribution in [1.29, 1.82) is 0 Å². The van der Waals surface area contributed by atoms with Crippen LogP contribution in [0.5, 0.6) is 0 Å². The van der Waals surface area contributed by atoms with Crippen molar-refractivity contribution in [3.63, 3.8) is 0 Å². The summed E-state index contributed by atoms with van der Waals surface area (Å²) in [6, 6.07) is 21.8. The van der Waals surface area contributed by atoms with Gasteiger partial charge in [0.2, 0.25) is 11.8 Å². The van der Waals surface area contributed by atoms with E-state index in [9.17, 15) is 14.0 Å². The average Bonchev–Trinajstić information content (AvgIpc) is 3.74. The van der Waals surface area contributed by atoms with Gasteiger partial charge < -0.3 is 15.1 Å². The second-order valence-corrected chi connectivity index (χ2v) is 13.1. The number of benzene rings is 3. The third-order valence-electron chi connectivity index (χ3n) is 9.10. The Morgan fingerprint density at radius 3 is 2.38 bits per heavy atom. The van der Waals surface area contributed by atoms with E-state index in [1.54, 1.807) is 30.6 Å². The molecular weight excluding hydrogens is 616 g/mol. The number of amides is 2. The molecule has 1 atom stereocenters. The van der Waals surface area contributed by atoms with E-state index < -0.39 is 4.75 Å². The largest absolute Gasteiger partial charge is 0.368 e. The minimum absolute atomic E-state index is 0.0791. The van der Waals surface area contributed by atoms with Crippen molar-refractivity contribution in [3.05, 3.63) is 91.0 Å². The van der Waals surface area contributed by atoms with E-state index in [0.717, 1.165) is 40.8 Å². The predicted molar refractivity (Wildman–Crippen MR) is 184 cm³/mol. The molecule has 2 aliphatic rings. The molecule has 12 heteroatoms. The van der Waals surface area contributed by atoms with Gasteiger partial charge in [-0.25, -0.2) is 14.4 Å². The summed E-state index contributed by atoms with van der Waals surface area (Å²) < 4.78 is 12.8. The number of hydrogen-bond acceptors (Lipinski definition) is 8. The molecule has 4 heterocycles. The van der Waals surface area contributed by atoms with Crippen molar-refractivity contribution in [2.45, 2.75) is 11.2 Å². The first-order chi connectivity index (χ1) is 22.9. The van der Waals surface area contributed by atoms with Crippen LogP contribution in [0.2, 0.25) is 0 Å². The Labute approximate surface area is 276 Å². The third kappa shape index (κ3) is 6.43. The van der Waals surface area contributed by atoms with Gasteiger partial charge in [0.15, 0.2) is 5.82 Å². The van der Waals surface area contributed by atoms with Crippen molar-refractivity contribution >= 4 is 45.9 Å². The monoisotopic (exact) mass is 650 g/mol. The molecular formula is C35H35FN8O2S. The Bertz CT molecular complexity index is 1880. The summed E-state index contributed by atoms with van der Waals surface area (Å²) in [7, 11) is 0. The Hall–Kier alpha value is -4.81. The lowest BCUT2D eigenvalue weighted by molar-refractivity contribution is -0.132. The number of thioether (sulfide) groups is 1. The lowest BCUT2D eigenvalue weighted by Gasteiger charge is -2.37. The number of H-pyrrole nitrogens is 1. The van der Waals surface area contributed by atoms with Crippen molar-refractivity contribution in [1.82, 2.24) is 30.0 Å². The number of carbonyl (C=O) groups is 2. The summed E-state index contributed by atoms with van der Waals surface area (Å²) >= 11 is 1.53. The molecule has 10 nitrogen and oxygen atoms in total. The van der Waals surface area contributed by atoms with E-state index in [1.165, 1.54) is 23.9 Å². The summed E-state index contributed by atoms with van der Waals surface area (Å²) in [5.41, 5.74) is 5.05. The normalized spacial score (nSPS) is 18.5. The first-order valence-corrected chi connectivity index (χ1v) is 16.9. The van der Waals surface area contributed by atoms with Crippen LogP contribution in [0.4, 0.5) is 15.8 Å². The van der Waals surface area contributed by atoms with Gasteiger partial charge >= 0.3 is 0 Å². The van der Waals surface area contributed by atoms with Crippen molar-refractivity contribution in [3.8, 4) is 22.6 Å². The van der Waals surface area contributed by atoms with Crippen LogP contribution in [0.1, 0.15) is 6.42 Å². The van der Waals surface area contributed by atoms with Gasteiger partial charge in [-0.2, -0.15) is 5.10 Å². The fraction of sp³-hybridized carbons (Fsp3) is 0.286. The molecule has 2 amide bonds. The zero-order valence-corrected chi connectivity index (χ0v) is 26.8. The van der Waals surface area contributed by atoms with Crippen molar-refractivity contribution < 1.29 is 14.0 Å². The minimum atomic E-state index is -0.666. The van der Waals surface area contributed by atoms with Crippen LogP contribution >= 0.6 is 11.8 Å². The van der Waals surface area contributed by atoms with Gasteiger partial charge in [-0.05, 0) is 85.5 Å². The molecule has 3 aromatic carbocycles. The van der Waals surface area contributed by atoms with Gasteiger partial charge in [-0.15, -0.1) is 11.8 Å². The van der Waals surface area contributed by atoms with E-state index >= 15 is 0 Å². The predicted octanol–water partition coefficient (Wildman–Crippen LogP) is 4.92. The number of nitrogens with zero attached hydrogens (tertiary/aromatic N) is 6. The molecule has 2 saturated heterocycles. The fourth-order valence-corrected chi connectivity index (χ4v) is 7.22. The van der Waals surface area contributed by atoms with Crippen LogP contribution in [0.15, 0.2) is 85.2 Å². The number of fused-ring (bicyclic) bond motifs is 1. The number of piperazine rings is 1. The van der Waals surface area contributed by atoms with Gasteiger partial charge in [0.1, 0.15) is 10.6 Å². The molecule has 2 aliphatic heterocycles. The number of aromatic amines is 1. The molecule has 7 rings (SSSR count). The smallest absolute Gasteiger partial charge is 0.241 e. The van der Waals surface area contributed by atoms with Crippen molar-refractivity contribution in [2.75, 3.05) is 62.3 Å². The topological polar surface area (TPSA) is 110 Å². The number of likely N-dealkylation sites (tertiary alicyclic amines) is 1. The number of rotatable bonds is 8. The van der Waals surface area contributed by atoms with E-state index in [2.05, 4.69) is 47.4 Å². The molecule has 47 heavy (non-hydrogen) atoms. The summed E-state index contributed by atoms with van der Waals surface area (Å²) in [4.78, 5) is 42.0. The molecule has 0 unspecified atom stereocenters. The number of halogens is 1. The van der Waals surface area contributed by atoms with Crippen LogP contribution in [-0.4, -0.2) is 98.6 Å². The van der Waals surface area contributed by atoms with Crippen LogP contribution in [0.25, 0.3) is 33.5 Å². The maximum atomic E-state index is 13.7. The summed E-state index contributed by atoms with van der Waals surface area (Å²) in [5.74, 6) is 0.408. The van der Waals surface area contributed by atoms with Crippen LogP contribution in [0.3, 0.4) is 0 Å². The number of hydrogen-bond donors (Lipinski definition) is 2. The van der Waals surface area contributed by atoms with E-state index in [4.69, 9.17) is 0 Å². The highest BCUT2D eigenvalue weighted by Crippen LogP contribution is 2.36. The summed E-state index contributed by atoms with van der Waals surface area (Å²) in [6.07, 6.45) is 6.08. The molecule has 0 aliphatic carbocycles. The number of anilines is 2. The standard InChI is InChI=1S/C35H35FN8O2S/c1-47-35(34(46)39-27-9-12-30-29(21-27)32(41-40-30)24-3-7-26(36)8-4-24)13-16-42(23-35)22-31(45)44-19-17-43(18-20-44)28-10-5-25(6-11-28)33-37-14-2-15-38-33/h2-12,14-15,21H,13,16-20,22-23H2,1H3,(H,39,46)(H,40,41)/t35-/m0/s1. The van der Waals surface area contributed by atoms with Crippen LogP contribution < -0.4 is 10.2 Å². The van der Waals surface area contributed by atoms with Crippen molar-refractivity contribution in [2.24, 2.45) is 0 Å². The summed E-state index contributed by atoms with van der Waals surface area (Å²) in [5, 5.41) is 11.4.